The molecule has 0 N–H and O–H groups in total. The van der Waals surface area contributed by atoms with E-state index >= 15 is 4.39 Å². The molecule has 120 valence electrons. The molecule has 1 aliphatic rings. The van der Waals surface area contributed by atoms with Crippen LogP contribution in [0.15, 0.2) is 84.9 Å². The number of hydrogen-bond donors (Lipinski definition) is 0. The van der Waals surface area contributed by atoms with Gasteiger partial charge in [-0.05, 0) is 6.07 Å². The van der Waals surface area contributed by atoms with Crippen molar-refractivity contribution in [2.24, 2.45) is 0 Å². The van der Waals surface area contributed by atoms with Crippen molar-refractivity contribution >= 4 is 0 Å². The largest absolute Gasteiger partial charge is 0.474 e. The number of rotatable bonds is 2. The Morgan fingerprint density at radius 1 is 0.667 bits per heavy atom. The van der Waals surface area contributed by atoms with Crippen molar-refractivity contribution in [1.82, 2.24) is 0 Å². The van der Waals surface area contributed by atoms with E-state index in [2.05, 4.69) is 0 Å². The summed E-state index contributed by atoms with van der Waals surface area (Å²) in [6.45, 7) is 0. The summed E-state index contributed by atoms with van der Waals surface area (Å²) in [5, 5.41) is 0. The summed E-state index contributed by atoms with van der Waals surface area (Å²) >= 11 is 0. The van der Waals surface area contributed by atoms with E-state index in [0.29, 0.717) is 16.9 Å². The van der Waals surface area contributed by atoms with Crippen LogP contribution in [0, 0.1) is 0 Å². The maximum absolute atomic E-state index is 15.4. The fourth-order valence-corrected chi connectivity index (χ4v) is 3.37. The number of para-hydroxylation sites is 1. The fraction of sp³-hybridized carbons (Fsp3) is 0.143. The SMILES string of the molecule is FC1c2ccccc2OC(c2ccccc2)(c2ccccc2)C1F. The summed E-state index contributed by atoms with van der Waals surface area (Å²) in [7, 11) is 0. The van der Waals surface area contributed by atoms with E-state index in [1.165, 1.54) is 0 Å². The number of fused-ring (bicyclic) bond motifs is 1. The Kier molecular flexibility index (Phi) is 3.57. The number of ether oxygens (including phenoxy) is 1. The standard InChI is InChI=1S/C21H16F2O/c22-19-17-13-7-8-14-18(17)24-21(20(19)23,15-9-3-1-4-10-15)16-11-5-2-6-12-16/h1-14,19-20H. The highest BCUT2D eigenvalue weighted by atomic mass is 19.2. The molecule has 0 amide bonds. The van der Waals surface area contributed by atoms with Gasteiger partial charge >= 0.3 is 0 Å². The van der Waals surface area contributed by atoms with Crippen LogP contribution in [0.3, 0.4) is 0 Å². The molecule has 0 saturated heterocycles. The average molecular weight is 322 g/mol. The Bertz CT molecular complexity index is 793. The van der Waals surface area contributed by atoms with Crippen molar-refractivity contribution in [3.8, 4) is 5.75 Å². The molecule has 0 fully saturated rings. The summed E-state index contributed by atoms with van der Waals surface area (Å²) in [6, 6.07) is 24.8. The minimum atomic E-state index is -1.85. The predicted octanol–water partition coefficient (Wildman–Crippen LogP) is 5.37. The van der Waals surface area contributed by atoms with Gasteiger partial charge in [0.2, 0.25) is 0 Å². The molecule has 0 aliphatic carbocycles. The van der Waals surface area contributed by atoms with Gasteiger partial charge in [0.05, 0.1) is 0 Å². The number of benzene rings is 3. The van der Waals surface area contributed by atoms with Crippen LogP contribution in [0.5, 0.6) is 5.75 Å². The third-order valence-electron chi connectivity index (χ3n) is 4.54. The van der Waals surface area contributed by atoms with E-state index < -0.39 is 17.9 Å². The lowest BCUT2D eigenvalue weighted by atomic mass is 9.77. The number of alkyl halides is 2. The van der Waals surface area contributed by atoms with Gasteiger partial charge in [-0.3, -0.25) is 0 Å². The van der Waals surface area contributed by atoms with E-state index in [4.69, 9.17) is 4.74 Å². The third kappa shape index (κ3) is 2.12. The Balaban J connectivity index is 1.98. The minimum Gasteiger partial charge on any atom is -0.474 e. The molecular formula is C21H16F2O. The summed E-state index contributed by atoms with van der Waals surface area (Å²) in [6.07, 6.45) is -3.60. The Morgan fingerprint density at radius 3 is 1.75 bits per heavy atom. The van der Waals surface area contributed by atoms with Crippen LogP contribution < -0.4 is 4.74 Å². The predicted molar refractivity (Wildman–Crippen MR) is 89.5 cm³/mol. The molecule has 2 atom stereocenters. The monoisotopic (exact) mass is 322 g/mol. The third-order valence-corrected chi connectivity index (χ3v) is 4.54. The number of hydrogen-bond acceptors (Lipinski definition) is 1. The van der Waals surface area contributed by atoms with Crippen molar-refractivity contribution < 1.29 is 13.5 Å². The van der Waals surface area contributed by atoms with Gasteiger partial charge in [-0.25, -0.2) is 8.78 Å². The van der Waals surface area contributed by atoms with Crippen LogP contribution in [0.1, 0.15) is 22.9 Å². The highest BCUT2D eigenvalue weighted by molar-refractivity contribution is 5.47. The normalized spacial score (nSPS) is 21.6. The van der Waals surface area contributed by atoms with Crippen LogP contribution in [0.25, 0.3) is 0 Å². The van der Waals surface area contributed by atoms with Gasteiger partial charge in [0.15, 0.2) is 17.9 Å². The van der Waals surface area contributed by atoms with Gasteiger partial charge in [0, 0.05) is 16.7 Å². The molecule has 1 heterocycles. The van der Waals surface area contributed by atoms with Gasteiger partial charge < -0.3 is 4.74 Å². The van der Waals surface area contributed by atoms with Gasteiger partial charge in [-0.15, -0.1) is 0 Å². The van der Waals surface area contributed by atoms with Crippen molar-refractivity contribution in [1.29, 1.82) is 0 Å². The highest BCUT2D eigenvalue weighted by Crippen LogP contribution is 2.51. The summed E-state index contributed by atoms with van der Waals surface area (Å²) < 4.78 is 36.6. The maximum atomic E-state index is 15.4. The van der Waals surface area contributed by atoms with Gasteiger partial charge in [0.25, 0.3) is 0 Å². The lowest BCUT2D eigenvalue weighted by molar-refractivity contribution is -0.0431. The topological polar surface area (TPSA) is 9.23 Å². The van der Waals surface area contributed by atoms with Gasteiger partial charge in [-0.1, -0.05) is 78.9 Å². The van der Waals surface area contributed by atoms with E-state index in [1.54, 1.807) is 48.5 Å². The van der Waals surface area contributed by atoms with Crippen molar-refractivity contribution in [2.45, 2.75) is 17.9 Å². The Hall–Kier alpha value is -2.68. The van der Waals surface area contributed by atoms with Crippen LogP contribution in [0.2, 0.25) is 0 Å². The quantitative estimate of drug-likeness (QED) is 0.616. The summed E-state index contributed by atoms with van der Waals surface area (Å²) in [5.74, 6) is 0.381. The molecule has 0 spiro atoms. The second kappa shape index (κ2) is 5.75. The van der Waals surface area contributed by atoms with Gasteiger partial charge in [0.1, 0.15) is 5.75 Å². The molecule has 3 heteroatoms. The first-order valence-electron chi connectivity index (χ1n) is 7.90. The van der Waals surface area contributed by atoms with Crippen molar-refractivity contribution in [3.63, 3.8) is 0 Å². The fourth-order valence-electron chi connectivity index (χ4n) is 3.37. The van der Waals surface area contributed by atoms with Crippen LogP contribution in [-0.2, 0) is 5.60 Å². The lowest BCUT2D eigenvalue weighted by Gasteiger charge is -2.43. The molecule has 0 aromatic heterocycles. The summed E-state index contributed by atoms with van der Waals surface area (Å²) in [5.41, 5.74) is -0.0507. The van der Waals surface area contributed by atoms with E-state index in [9.17, 15) is 4.39 Å². The smallest absolute Gasteiger partial charge is 0.193 e. The minimum absolute atomic E-state index is 0.257. The molecule has 0 radical (unpaired) electrons. The van der Waals surface area contributed by atoms with E-state index in [-0.39, 0.29) is 5.56 Å². The second-order valence-electron chi connectivity index (χ2n) is 5.91. The molecule has 1 aliphatic heterocycles. The molecule has 0 saturated carbocycles. The van der Waals surface area contributed by atoms with E-state index in [1.807, 2.05) is 36.4 Å². The first-order valence-corrected chi connectivity index (χ1v) is 7.90. The molecule has 3 aromatic rings. The Morgan fingerprint density at radius 2 is 1.17 bits per heavy atom. The highest BCUT2D eigenvalue weighted by Gasteiger charge is 2.53. The zero-order chi connectivity index (χ0) is 16.6. The zero-order valence-corrected chi connectivity index (χ0v) is 12.9. The molecule has 4 rings (SSSR count). The first kappa shape index (κ1) is 14.9. The van der Waals surface area contributed by atoms with Crippen molar-refractivity contribution in [2.75, 3.05) is 0 Å². The first-order chi connectivity index (χ1) is 11.7. The van der Waals surface area contributed by atoms with Gasteiger partial charge in [-0.2, -0.15) is 0 Å². The summed E-state index contributed by atoms with van der Waals surface area (Å²) in [4.78, 5) is 0. The Labute approximate surface area is 139 Å². The lowest BCUT2D eigenvalue weighted by Crippen LogP contribution is -2.48. The molecule has 2 unspecified atom stereocenters. The van der Waals surface area contributed by atoms with Crippen molar-refractivity contribution in [3.05, 3.63) is 102 Å². The molecular weight excluding hydrogens is 306 g/mol. The van der Waals surface area contributed by atoms with Crippen LogP contribution >= 0.6 is 0 Å². The molecule has 3 aromatic carbocycles. The molecule has 0 bridgehead atoms. The average Bonchev–Trinajstić information content (AvgIpc) is 2.66. The second-order valence-corrected chi connectivity index (χ2v) is 5.91. The molecule has 24 heavy (non-hydrogen) atoms. The maximum Gasteiger partial charge on any atom is 0.193 e. The number of halogens is 2. The van der Waals surface area contributed by atoms with Crippen LogP contribution in [-0.4, -0.2) is 6.17 Å². The van der Waals surface area contributed by atoms with Crippen LogP contribution in [0.4, 0.5) is 8.78 Å². The zero-order valence-electron chi connectivity index (χ0n) is 12.9. The molecule has 1 nitrogen and oxygen atoms in total. The van der Waals surface area contributed by atoms with E-state index in [0.717, 1.165) is 0 Å².